The van der Waals surface area contributed by atoms with Crippen LogP contribution >= 0.6 is 0 Å². The highest BCUT2D eigenvalue weighted by Gasteiger charge is 2.33. The lowest BCUT2D eigenvalue weighted by Gasteiger charge is -2.11. The zero-order valence-corrected chi connectivity index (χ0v) is 13.3. The molecule has 1 heterocycles. The molecule has 1 N–H and O–H groups in total. The smallest absolute Gasteiger partial charge is 0.372 e. The van der Waals surface area contributed by atoms with Crippen LogP contribution in [0.4, 0.5) is 24.5 Å². The van der Waals surface area contributed by atoms with E-state index in [1.54, 1.807) is 11.6 Å². The van der Waals surface area contributed by atoms with Gasteiger partial charge >= 0.3 is 6.18 Å². The van der Waals surface area contributed by atoms with Gasteiger partial charge in [-0.05, 0) is 12.1 Å². The maximum Gasteiger partial charge on any atom is 0.416 e. The van der Waals surface area contributed by atoms with Crippen molar-refractivity contribution in [2.75, 3.05) is 5.32 Å². The summed E-state index contributed by atoms with van der Waals surface area (Å²) >= 11 is 0. The predicted molar refractivity (Wildman–Crippen MR) is 80.5 cm³/mol. The standard InChI is InChI=1S/C14H16F3N5O2/c1-8(2)13-20-19-12(21(13)3)7-18-10-5-4-9(14(15,16)17)6-11(10)22(23)24/h4-6,8,18H,7H2,1-3H3. The maximum atomic E-state index is 12.7. The molecule has 0 saturated heterocycles. The number of nitrogens with zero attached hydrogens (tertiary/aromatic N) is 4. The van der Waals surface area contributed by atoms with Crippen molar-refractivity contribution in [1.82, 2.24) is 14.8 Å². The Kier molecular flexibility index (Phi) is 4.76. The molecule has 0 radical (unpaired) electrons. The normalized spacial score (nSPS) is 11.8. The Hall–Kier alpha value is -2.65. The van der Waals surface area contributed by atoms with Crippen molar-refractivity contribution in [1.29, 1.82) is 0 Å². The summed E-state index contributed by atoms with van der Waals surface area (Å²) in [6.07, 6.45) is -4.64. The van der Waals surface area contributed by atoms with Gasteiger partial charge in [0.05, 0.1) is 17.0 Å². The van der Waals surface area contributed by atoms with Crippen molar-refractivity contribution < 1.29 is 18.1 Å². The van der Waals surface area contributed by atoms with Crippen molar-refractivity contribution in [3.8, 4) is 0 Å². The first kappa shape index (κ1) is 17.7. The minimum Gasteiger partial charge on any atom is -0.372 e. The molecule has 1 aromatic carbocycles. The van der Waals surface area contributed by atoms with Gasteiger partial charge in [-0.25, -0.2) is 0 Å². The first-order valence-corrected chi connectivity index (χ1v) is 7.09. The van der Waals surface area contributed by atoms with E-state index in [-0.39, 0.29) is 18.2 Å². The van der Waals surface area contributed by atoms with Gasteiger partial charge in [0, 0.05) is 19.0 Å². The van der Waals surface area contributed by atoms with Crippen LogP contribution in [-0.4, -0.2) is 19.7 Å². The number of rotatable bonds is 5. The van der Waals surface area contributed by atoms with E-state index in [1.807, 2.05) is 13.8 Å². The highest BCUT2D eigenvalue weighted by molar-refractivity contribution is 5.62. The van der Waals surface area contributed by atoms with E-state index in [0.717, 1.165) is 18.0 Å². The first-order chi connectivity index (χ1) is 11.1. The van der Waals surface area contributed by atoms with Crippen LogP contribution in [0.3, 0.4) is 0 Å². The van der Waals surface area contributed by atoms with Gasteiger partial charge in [0.15, 0.2) is 5.82 Å². The molecule has 2 aromatic rings. The Balaban J connectivity index is 2.25. The summed E-state index contributed by atoms with van der Waals surface area (Å²) in [4.78, 5) is 10.2. The highest BCUT2D eigenvalue weighted by atomic mass is 19.4. The molecule has 0 bridgehead atoms. The topological polar surface area (TPSA) is 85.9 Å². The van der Waals surface area contributed by atoms with Crippen LogP contribution in [0.1, 0.15) is 37.0 Å². The number of hydrogen-bond donors (Lipinski definition) is 1. The number of nitro groups is 1. The molecule has 1 aromatic heterocycles. The number of aromatic nitrogens is 3. The van der Waals surface area contributed by atoms with Crippen LogP contribution < -0.4 is 5.32 Å². The second kappa shape index (κ2) is 6.46. The first-order valence-electron chi connectivity index (χ1n) is 7.09. The van der Waals surface area contributed by atoms with Crippen LogP contribution in [0.5, 0.6) is 0 Å². The lowest BCUT2D eigenvalue weighted by molar-refractivity contribution is -0.384. The molecule has 130 valence electrons. The number of alkyl halides is 3. The van der Waals surface area contributed by atoms with Crippen LogP contribution in [0.25, 0.3) is 0 Å². The molecule has 0 unspecified atom stereocenters. The zero-order valence-electron chi connectivity index (χ0n) is 13.3. The molecular formula is C14H16F3N5O2. The van der Waals surface area contributed by atoms with Crippen LogP contribution in [0.15, 0.2) is 18.2 Å². The number of nitro benzene ring substituents is 1. The molecule has 0 fully saturated rings. The van der Waals surface area contributed by atoms with Gasteiger partial charge in [0.1, 0.15) is 11.5 Å². The van der Waals surface area contributed by atoms with Gasteiger partial charge in [-0.2, -0.15) is 13.2 Å². The third kappa shape index (κ3) is 3.63. The lowest BCUT2D eigenvalue weighted by atomic mass is 10.1. The van der Waals surface area contributed by atoms with Gasteiger partial charge in [0.2, 0.25) is 0 Å². The third-order valence-electron chi connectivity index (χ3n) is 3.47. The van der Waals surface area contributed by atoms with Crippen molar-refractivity contribution in [2.45, 2.75) is 32.5 Å². The fraction of sp³-hybridized carbons (Fsp3) is 0.429. The minimum atomic E-state index is -4.64. The summed E-state index contributed by atoms with van der Waals surface area (Å²) in [5.74, 6) is 1.42. The summed E-state index contributed by atoms with van der Waals surface area (Å²) in [7, 11) is 1.76. The minimum absolute atomic E-state index is 0.0119. The fourth-order valence-corrected chi connectivity index (χ4v) is 2.21. The summed E-state index contributed by atoms with van der Waals surface area (Å²) < 4.78 is 39.8. The van der Waals surface area contributed by atoms with Gasteiger partial charge < -0.3 is 9.88 Å². The second-order valence-electron chi connectivity index (χ2n) is 5.53. The molecule has 0 aliphatic heterocycles. The van der Waals surface area contributed by atoms with E-state index in [4.69, 9.17) is 0 Å². The van der Waals surface area contributed by atoms with Gasteiger partial charge in [-0.1, -0.05) is 13.8 Å². The average molecular weight is 343 g/mol. The third-order valence-corrected chi connectivity index (χ3v) is 3.47. The van der Waals surface area contributed by atoms with Crippen molar-refractivity contribution in [2.24, 2.45) is 7.05 Å². The number of hydrogen-bond acceptors (Lipinski definition) is 5. The van der Waals surface area contributed by atoms with Crippen LogP contribution in [-0.2, 0) is 19.8 Å². The van der Waals surface area contributed by atoms with Crippen molar-refractivity contribution in [3.63, 3.8) is 0 Å². The molecule has 0 spiro atoms. The van der Waals surface area contributed by atoms with Gasteiger partial charge in [-0.15, -0.1) is 10.2 Å². The van der Waals surface area contributed by atoms with E-state index < -0.39 is 22.4 Å². The monoisotopic (exact) mass is 343 g/mol. The molecule has 0 aliphatic rings. The molecular weight excluding hydrogens is 327 g/mol. The molecule has 7 nitrogen and oxygen atoms in total. The van der Waals surface area contributed by atoms with E-state index >= 15 is 0 Å². The summed E-state index contributed by atoms with van der Waals surface area (Å²) in [5.41, 5.74) is -1.72. The summed E-state index contributed by atoms with van der Waals surface area (Å²) in [5, 5.41) is 21.8. The predicted octanol–water partition coefficient (Wildman–Crippen LogP) is 3.48. The van der Waals surface area contributed by atoms with Gasteiger partial charge in [0.25, 0.3) is 5.69 Å². The van der Waals surface area contributed by atoms with Crippen molar-refractivity contribution >= 4 is 11.4 Å². The molecule has 0 saturated carbocycles. The Morgan fingerprint density at radius 1 is 1.33 bits per heavy atom. The fourth-order valence-electron chi connectivity index (χ4n) is 2.21. The highest BCUT2D eigenvalue weighted by Crippen LogP contribution is 2.35. The lowest BCUT2D eigenvalue weighted by Crippen LogP contribution is -2.11. The van der Waals surface area contributed by atoms with E-state index in [2.05, 4.69) is 15.5 Å². The Morgan fingerprint density at radius 3 is 2.50 bits per heavy atom. The largest absolute Gasteiger partial charge is 0.416 e. The quantitative estimate of drug-likeness (QED) is 0.663. The molecule has 10 heteroatoms. The Morgan fingerprint density at radius 2 is 2.00 bits per heavy atom. The summed E-state index contributed by atoms with van der Waals surface area (Å²) in [6, 6.07) is 2.35. The number of halogens is 3. The zero-order chi connectivity index (χ0) is 18.1. The number of anilines is 1. The molecule has 0 amide bonds. The SMILES string of the molecule is CC(C)c1nnc(CNc2ccc(C(F)(F)F)cc2[N+](=O)[O-])n1C. The second-order valence-corrected chi connectivity index (χ2v) is 5.53. The van der Waals surface area contributed by atoms with Crippen LogP contribution in [0.2, 0.25) is 0 Å². The Labute approximate surface area is 135 Å². The molecule has 2 rings (SSSR count). The maximum absolute atomic E-state index is 12.7. The van der Waals surface area contributed by atoms with E-state index in [0.29, 0.717) is 11.9 Å². The van der Waals surface area contributed by atoms with Crippen molar-refractivity contribution in [3.05, 3.63) is 45.5 Å². The number of benzene rings is 1. The average Bonchev–Trinajstić information content (AvgIpc) is 2.85. The summed E-state index contributed by atoms with van der Waals surface area (Å²) in [6.45, 7) is 3.99. The molecule has 0 aliphatic carbocycles. The number of nitrogens with one attached hydrogen (secondary N) is 1. The Bertz CT molecular complexity index is 755. The molecule has 24 heavy (non-hydrogen) atoms. The van der Waals surface area contributed by atoms with Gasteiger partial charge in [-0.3, -0.25) is 10.1 Å². The molecule has 0 atom stereocenters. The van der Waals surface area contributed by atoms with E-state index in [9.17, 15) is 23.3 Å². The van der Waals surface area contributed by atoms with Crippen LogP contribution in [0, 0.1) is 10.1 Å². The van der Waals surface area contributed by atoms with E-state index in [1.165, 1.54) is 0 Å².